The van der Waals surface area contributed by atoms with Gasteiger partial charge in [-0.1, -0.05) is 42.8 Å². The second-order valence-corrected chi connectivity index (χ2v) is 8.28. The van der Waals surface area contributed by atoms with Gasteiger partial charge in [0.2, 0.25) is 0 Å². The fourth-order valence-electron chi connectivity index (χ4n) is 4.16. The van der Waals surface area contributed by atoms with Gasteiger partial charge in [-0.3, -0.25) is 10.1 Å². The Hall–Kier alpha value is -3.19. The lowest BCUT2D eigenvalue weighted by Gasteiger charge is -2.36. The van der Waals surface area contributed by atoms with Crippen molar-refractivity contribution < 1.29 is 14.7 Å². The summed E-state index contributed by atoms with van der Waals surface area (Å²) < 4.78 is 0. The first-order chi connectivity index (χ1) is 14.9. The number of rotatable bonds is 5. The van der Waals surface area contributed by atoms with Gasteiger partial charge in [0.15, 0.2) is 0 Å². The number of hydrogen-bond donors (Lipinski definition) is 3. The van der Waals surface area contributed by atoms with Crippen molar-refractivity contribution >= 4 is 46.0 Å². The van der Waals surface area contributed by atoms with Crippen molar-refractivity contribution in [3.63, 3.8) is 0 Å². The summed E-state index contributed by atoms with van der Waals surface area (Å²) in [4.78, 5) is 31.5. The lowest BCUT2D eigenvalue weighted by atomic mass is 9.96. The van der Waals surface area contributed by atoms with Crippen LogP contribution in [0.25, 0.3) is 10.9 Å². The number of amides is 2. The van der Waals surface area contributed by atoms with Crippen LogP contribution in [0.5, 0.6) is 0 Å². The molecule has 1 aromatic heterocycles. The van der Waals surface area contributed by atoms with Gasteiger partial charge >= 0.3 is 12.0 Å². The summed E-state index contributed by atoms with van der Waals surface area (Å²) in [5.41, 5.74) is 2.74. The molecule has 2 amide bonds. The molecule has 2 heterocycles. The number of nitrogens with zero attached hydrogens (tertiary/aromatic N) is 2. The highest BCUT2D eigenvalue weighted by molar-refractivity contribution is 6.30. The molecule has 1 fully saturated rings. The minimum Gasteiger partial charge on any atom is -0.481 e. The maximum absolute atomic E-state index is 13.0. The highest BCUT2D eigenvalue weighted by atomic mass is 35.5. The molecular weight excluding hydrogens is 416 g/mol. The van der Waals surface area contributed by atoms with E-state index in [1.54, 1.807) is 4.90 Å². The lowest BCUT2D eigenvalue weighted by Crippen LogP contribution is -2.50. The van der Waals surface area contributed by atoms with E-state index in [2.05, 4.69) is 15.2 Å². The summed E-state index contributed by atoms with van der Waals surface area (Å²) in [5.74, 6) is -0.548. The molecule has 0 saturated carbocycles. The van der Waals surface area contributed by atoms with Crippen molar-refractivity contribution in [2.75, 3.05) is 36.4 Å². The molecule has 4 rings (SSSR count). The average molecular weight is 441 g/mol. The maximum Gasteiger partial charge on any atom is 0.323 e. The summed E-state index contributed by atoms with van der Waals surface area (Å²) in [5, 5.41) is 13.9. The van der Waals surface area contributed by atoms with Gasteiger partial charge in [0.05, 0.1) is 6.42 Å². The first kappa shape index (κ1) is 21.1. The Morgan fingerprint density at radius 1 is 1.13 bits per heavy atom. The monoisotopic (exact) mass is 440 g/mol. The number of nitrogens with one attached hydrogen (secondary N) is 2. The summed E-state index contributed by atoms with van der Waals surface area (Å²) in [6.07, 6.45) is -0.0109. The molecule has 1 atom stereocenters. The number of benzene rings is 2. The summed E-state index contributed by atoms with van der Waals surface area (Å²) >= 11 is 6.10. The molecule has 0 spiro atoms. The molecule has 1 saturated heterocycles. The van der Waals surface area contributed by atoms with Gasteiger partial charge < -0.3 is 19.9 Å². The predicted molar refractivity (Wildman–Crippen MR) is 123 cm³/mol. The van der Waals surface area contributed by atoms with Gasteiger partial charge in [0.25, 0.3) is 0 Å². The number of fused-ring (bicyclic) bond motifs is 1. The van der Waals surface area contributed by atoms with Crippen LogP contribution in [-0.4, -0.2) is 53.2 Å². The van der Waals surface area contributed by atoms with Gasteiger partial charge in [-0.2, -0.15) is 0 Å². The Bertz CT molecular complexity index is 1110. The SMILES string of the molecule is CC(CC(=O)O)c1c(NC(=O)N2CCN(c3cccc(Cl)c3)CC2)[nH]c2ccccc12. The molecule has 31 heavy (non-hydrogen) atoms. The first-order valence-corrected chi connectivity index (χ1v) is 10.7. The normalized spacial score (nSPS) is 15.2. The van der Waals surface area contributed by atoms with Crippen LogP contribution in [0.2, 0.25) is 5.02 Å². The Balaban J connectivity index is 1.48. The number of urea groups is 1. The molecular formula is C23H25ClN4O3. The zero-order valence-corrected chi connectivity index (χ0v) is 18.0. The Morgan fingerprint density at radius 2 is 1.87 bits per heavy atom. The molecule has 0 aliphatic carbocycles. The fraction of sp³-hybridized carbons (Fsp3) is 0.304. The zero-order valence-electron chi connectivity index (χ0n) is 17.3. The van der Waals surface area contributed by atoms with E-state index < -0.39 is 5.97 Å². The largest absolute Gasteiger partial charge is 0.481 e. The van der Waals surface area contributed by atoms with Gasteiger partial charge in [0, 0.05) is 53.4 Å². The van der Waals surface area contributed by atoms with Gasteiger partial charge in [0.1, 0.15) is 5.82 Å². The standard InChI is InChI=1S/C23H25ClN4O3/c1-15(13-20(29)30)21-18-7-2-3-8-19(18)25-22(21)26-23(31)28-11-9-27(10-12-28)17-6-4-5-16(24)14-17/h2-8,14-15,25H,9-13H2,1H3,(H,26,31)(H,29,30). The Morgan fingerprint density at radius 3 is 2.58 bits per heavy atom. The number of hydrogen-bond acceptors (Lipinski definition) is 3. The van der Waals surface area contributed by atoms with Gasteiger partial charge in [-0.05, 0) is 30.2 Å². The highest BCUT2D eigenvalue weighted by Gasteiger charge is 2.25. The topological polar surface area (TPSA) is 88.7 Å². The average Bonchev–Trinajstić information content (AvgIpc) is 3.11. The summed E-state index contributed by atoms with van der Waals surface area (Å²) in [6, 6.07) is 15.2. The minimum absolute atomic E-state index is 0.0109. The number of aliphatic carboxylic acids is 1. The van der Waals surface area contributed by atoms with E-state index >= 15 is 0 Å². The Kier molecular flexibility index (Phi) is 6.04. The number of carboxylic acids is 1. The number of carboxylic acid groups (broad SMARTS) is 1. The summed E-state index contributed by atoms with van der Waals surface area (Å²) in [7, 11) is 0. The van der Waals surface area contributed by atoms with Crippen molar-refractivity contribution in [1.29, 1.82) is 0 Å². The third-order valence-electron chi connectivity index (χ3n) is 5.69. The number of aromatic nitrogens is 1. The van der Waals surface area contributed by atoms with Crippen LogP contribution in [0.3, 0.4) is 0 Å². The Labute approximate surface area is 185 Å². The van der Waals surface area contributed by atoms with E-state index in [4.69, 9.17) is 11.6 Å². The number of aromatic amines is 1. The van der Waals surface area contributed by atoms with Crippen molar-refractivity contribution in [3.8, 4) is 0 Å². The third kappa shape index (κ3) is 4.61. The molecule has 162 valence electrons. The summed E-state index contributed by atoms with van der Waals surface area (Å²) in [6.45, 7) is 4.45. The number of carbonyl (C=O) groups excluding carboxylic acids is 1. The van der Waals surface area contributed by atoms with Gasteiger partial charge in [-0.25, -0.2) is 4.79 Å². The van der Waals surface area contributed by atoms with Gasteiger partial charge in [-0.15, -0.1) is 0 Å². The number of para-hydroxylation sites is 1. The molecule has 0 bridgehead atoms. The van der Waals surface area contributed by atoms with Crippen LogP contribution in [0.4, 0.5) is 16.3 Å². The number of H-pyrrole nitrogens is 1. The van der Waals surface area contributed by atoms with Crippen molar-refractivity contribution in [2.45, 2.75) is 19.3 Å². The molecule has 0 radical (unpaired) electrons. The lowest BCUT2D eigenvalue weighted by molar-refractivity contribution is -0.137. The van der Waals surface area contributed by atoms with E-state index in [9.17, 15) is 14.7 Å². The van der Waals surface area contributed by atoms with Crippen LogP contribution in [0, 0.1) is 0 Å². The van der Waals surface area contributed by atoms with Crippen LogP contribution < -0.4 is 10.2 Å². The predicted octanol–water partition coefficient (Wildman–Crippen LogP) is 4.75. The third-order valence-corrected chi connectivity index (χ3v) is 5.93. The number of halogens is 1. The molecule has 8 heteroatoms. The molecule has 1 aliphatic heterocycles. The van der Waals surface area contributed by atoms with E-state index in [-0.39, 0.29) is 18.4 Å². The van der Waals surface area contributed by atoms with Crippen molar-refractivity contribution in [3.05, 3.63) is 59.1 Å². The zero-order chi connectivity index (χ0) is 22.0. The van der Waals surface area contributed by atoms with Crippen molar-refractivity contribution in [2.24, 2.45) is 0 Å². The maximum atomic E-state index is 13.0. The van der Waals surface area contributed by atoms with Crippen molar-refractivity contribution in [1.82, 2.24) is 9.88 Å². The molecule has 3 N–H and O–H groups in total. The molecule has 3 aromatic rings. The van der Waals surface area contributed by atoms with Crippen LogP contribution in [-0.2, 0) is 4.79 Å². The number of anilines is 2. The van der Waals surface area contributed by atoms with Crippen LogP contribution >= 0.6 is 11.6 Å². The van der Waals surface area contributed by atoms with E-state index in [1.807, 2.05) is 55.5 Å². The van der Waals surface area contributed by atoms with E-state index in [1.165, 1.54) is 0 Å². The van der Waals surface area contributed by atoms with Crippen LogP contribution in [0.15, 0.2) is 48.5 Å². The molecule has 1 aliphatic rings. The quantitative estimate of drug-likeness (QED) is 0.534. The molecule has 7 nitrogen and oxygen atoms in total. The van der Waals surface area contributed by atoms with Crippen LogP contribution in [0.1, 0.15) is 24.8 Å². The first-order valence-electron chi connectivity index (χ1n) is 10.3. The smallest absolute Gasteiger partial charge is 0.323 e. The molecule has 2 aromatic carbocycles. The fourth-order valence-corrected chi connectivity index (χ4v) is 4.35. The molecule has 1 unspecified atom stereocenters. The second-order valence-electron chi connectivity index (χ2n) is 7.84. The second kappa shape index (κ2) is 8.89. The van der Waals surface area contributed by atoms with E-state index in [0.717, 1.165) is 22.2 Å². The highest BCUT2D eigenvalue weighted by Crippen LogP contribution is 2.34. The van der Waals surface area contributed by atoms with E-state index in [0.29, 0.717) is 37.0 Å². The minimum atomic E-state index is -0.868. The number of piperazine rings is 1. The number of carbonyl (C=O) groups is 2.